The highest BCUT2D eigenvalue weighted by atomic mass is 16.2. The Hall–Kier alpha value is -0.900. The second-order valence-electron chi connectivity index (χ2n) is 2.55. The molecule has 0 saturated carbocycles. The Bertz CT molecular complexity index is 137. The molecule has 0 fully saturated rings. The van der Waals surface area contributed by atoms with Gasteiger partial charge < -0.3 is 11.1 Å². The maximum Gasteiger partial charge on any atom is 0.239 e. The van der Waals surface area contributed by atoms with E-state index in [0.29, 0.717) is 0 Å². The van der Waals surface area contributed by atoms with E-state index in [1.165, 1.54) is 6.29 Å². The molecule has 0 bridgehead atoms. The number of carbonyl (C=O) groups is 1. The minimum absolute atomic E-state index is 0.0978. The molecule has 0 unspecified atom stereocenters. The van der Waals surface area contributed by atoms with Crippen LogP contribution in [-0.4, -0.2) is 24.3 Å². The smallest absolute Gasteiger partial charge is 0.239 e. The van der Waals surface area contributed by atoms with Gasteiger partial charge in [0.05, 0.1) is 12.1 Å². The molecule has 1 amide bonds. The van der Waals surface area contributed by atoms with Crippen molar-refractivity contribution in [2.45, 2.75) is 19.4 Å². The zero-order chi connectivity index (χ0) is 8.20. The zero-order valence-electron chi connectivity index (χ0n) is 6.10. The Labute approximate surface area is 59.8 Å². The van der Waals surface area contributed by atoms with Crippen molar-refractivity contribution in [2.75, 3.05) is 6.54 Å². The molecule has 57 valence electrons. The topological polar surface area (TPSA) is 72.2 Å². The Balaban J connectivity index is 3.74. The van der Waals surface area contributed by atoms with Crippen LogP contribution in [0.25, 0.3) is 0 Å². The van der Waals surface area contributed by atoms with Gasteiger partial charge in [0.1, 0.15) is 0 Å². The summed E-state index contributed by atoms with van der Waals surface area (Å²) < 4.78 is 0. The predicted octanol–water partition coefficient (Wildman–Crippen LogP) is -1.05. The number of hydrogen-bond acceptors (Lipinski definition) is 3. The van der Waals surface area contributed by atoms with Gasteiger partial charge in [0.2, 0.25) is 12.2 Å². The van der Waals surface area contributed by atoms with Gasteiger partial charge in [0, 0.05) is 0 Å². The minimum Gasteiger partial charge on any atom is -0.347 e. The van der Waals surface area contributed by atoms with Crippen LogP contribution in [0.4, 0.5) is 0 Å². The van der Waals surface area contributed by atoms with E-state index in [1.807, 2.05) is 0 Å². The first-order chi connectivity index (χ1) is 4.48. The van der Waals surface area contributed by atoms with Crippen LogP contribution in [0.1, 0.15) is 13.8 Å². The monoisotopic (exact) mass is 143 g/mol. The second kappa shape index (κ2) is 3.31. The van der Waals surface area contributed by atoms with Crippen molar-refractivity contribution >= 4 is 12.2 Å². The summed E-state index contributed by atoms with van der Waals surface area (Å²) >= 11 is 0. The fourth-order valence-corrected chi connectivity index (χ4v) is 0.344. The van der Waals surface area contributed by atoms with E-state index < -0.39 is 5.54 Å². The lowest BCUT2D eigenvalue weighted by molar-refractivity contribution is -0.124. The summed E-state index contributed by atoms with van der Waals surface area (Å²) in [6.45, 7) is 3.03. The van der Waals surface area contributed by atoms with Crippen molar-refractivity contribution in [2.24, 2.45) is 5.73 Å². The molecule has 0 rings (SSSR count). The highest BCUT2D eigenvalue weighted by Gasteiger charge is 2.20. The number of nitrogens with two attached hydrogens (primary N) is 1. The van der Waals surface area contributed by atoms with Crippen molar-refractivity contribution in [1.82, 2.24) is 5.32 Å². The molecule has 0 aromatic rings. The van der Waals surface area contributed by atoms with Gasteiger partial charge in [-0.3, -0.25) is 9.59 Å². The van der Waals surface area contributed by atoms with Crippen molar-refractivity contribution in [1.29, 1.82) is 0 Å². The van der Waals surface area contributed by atoms with Gasteiger partial charge in [0.15, 0.2) is 0 Å². The largest absolute Gasteiger partial charge is 0.347 e. The van der Waals surface area contributed by atoms with Crippen LogP contribution in [-0.2, 0) is 9.59 Å². The van der Waals surface area contributed by atoms with Gasteiger partial charge in [-0.1, -0.05) is 0 Å². The summed E-state index contributed by atoms with van der Waals surface area (Å²) in [4.78, 5) is 20.5. The number of amides is 1. The summed E-state index contributed by atoms with van der Waals surface area (Å²) in [5.74, 6) is -0.351. The van der Waals surface area contributed by atoms with E-state index in [4.69, 9.17) is 5.73 Å². The van der Waals surface area contributed by atoms with Gasteiger partial charge >= 0.3 is 0 Å². The van der Waals surface area contributed by atoms with Crippen LogP contribution >= 0.6 is 0 Å². The number of nitrogens with one attached hydrogen (secondary N) is 1. The maximum atomic E-state index is 10.8. The molecule has 3 N–H and O–H groups in total. The summed E-state index contributed by atoms with van der Waals surface area (Å²) in [7, 11) is 0. The molecule has 0 atom stereocenters. The Morgan fingerprint density at radius 2 is 2.20 bits per heavy atom. The van der Waals surface area contributed by atoms with Crippen LogP contribution < -0.4 is 11.1 Å². The molecule has 10 heavy (non-hydrogen) atoms. The number of rotatable bonds is 3. The zero-order valence-corrected chi connectivity index (χ0v) is 6.10. The van der Waals surface area contributed by atoms with Gasteiger partial charge in [0.25, 0.3) is 0 Å². The fourth-order valence-electron chi connectivity index (χ4n) is 0.344. The van der Waals surface area contributed by atoms with E-state index in [9.17, 15) is 9.59 Å². The second-order valence-corrected chi connectivity index (χ2v) is 2.55. The third-order valence-electron chi connectivity index (χ3n) is 0.906. The quantitative estimate of drug-likeness (QED) is 0.529. The normalized spacial score (nSPS) is 10.7. The van der Waals surface area contributed by atoms with Crippen LogP contribution in [0, 0.1) is 0 Å². The first-order valence-corrected chi connectivity index (χ1v) is 2.90. The predicted molar refractivity (Wildman–Crippen MR) is 37.0 cm³/mol. The highest BCUT2D eigenvalue weighted by molar-refractivity contribution is 5.86. The van der Waals surface area contributed by atoms with Gasteiger partial charge in [-0.2, -0.15) is 0 Å². The van der Waals surface area contributed by atoms with E-state index >= 15 is 0 Å². The summed E-state index contributed by atoms with van der Waals surface area (Å²) in [5.41, 5.74) is 4.46. The Morgan fingerprint density at radius 1 is 1.70 bits per heavy atom. The van der Waals surface area contributed by atoms with Crippen molar-refractivity contribution in [3.05, 3.63) is 0 Å². The lowest BCUT2D eigenvalue weighted by Gasteiger charge is -2.15. The molecule has 0 saturated heterocycles. The molecule has 0 aliphatic carbocycles. The molecule has 4 nitrogen and oxygen atoms in total. The Kier molecular flexibility index (Phi) is 3.02. The van der Waals surface area contributed by atoms with Crippen LogP contribution in [0.5, 0.6) is 0 Å². The lowest BCUT2D eigenvalue weighted by atomic mass is 10.1. The molecule has 0 aromatic carbocycles. The number of carbonyl (C=O) groups excluding carboxylic acids is 2. The average Bonchev–Trinajstić information content (AvgIpc) is 1.80. The molecular weight excluding hydrogens is 132 g/mol. The van der Waals surface area contributed by atoms with Crippen molar-refractivity contribution < 1.29 is 9.59 Å². The van der Waals surface area contributed by atoms with E-state index in [1.54, 1.807) is 13.8 Å². The summed E-state index contributed by atoms with van der Waals surface area (Å²) in [6.07, 6.45) is 1.53. The number of hydrogen-bond donors (Lipinski definition) is 2. The molecule has 0 aliphatic heterocycles. The molecular formula is C6H11N2O2. The molecule has 4 heteroatoms. The maximum absolute atomic E-state index is 10.8. The van der Waals surface area contributed by atoms with E-state index in [2.05, 4.69) is 5.32 Å². The van der Waals surface area contributed by atoms with E-state index in [-0.39, 0.29) is 12.5 Å². The molecule has 0 aromatic heterocycles. The molecule has 0 aliphatic rings. The van der Waals surface area contributed by atoms with Gasteiger partial charge in [-0.25, -0.2) is 0 Å². The molecule has 1 radical (unpaired) electrons. The molecule has 0 spiro atoms. The third kappa shape index (κ3) is 3.19. The summed E-state index contributed by atoms with van der Waals surface area (Å²) in [6, 6.07) is 0. The van der Waals surface area contributed by atoms with Crippen LogP contribution in [0.2, 0.25) is 0 Å². The molecule has 0 heterocycles. The van der Waals surface area contributed by atoms with Crippen molar-refractivity contribution in [3.8, 4) is 0 Å². The SMILES string of the molecule is CC(C)(N)C(=O)NC[C]=O. The highest BCUT2D eigenvalue weighted by Crippen LogP contribution is 1.93. The first kappa shape index (κ1) is 9.10. The van der Waals surface area contributed by atoms with Crippen LogP contribution in [0.3, 0.4) is 0 Å². The minimum atomic E-state index is -0.920. The van der Waals surface area contributed by atoms with Gasteiger partial charge in [-0.05, 0) is 13.8 Å². The van der Waals surface area contributed by atoms with Crippen LogP contribution in [0.15, 0.2) is 0 Å². The van der Waals surface area contributed by atoms with Crippen molar-refractivity contribution in [3.63, 3.8) is 0 Å². The average molecular weight is 143 g/mol. The van der Waals surface area contributed by atoms with Gasteiger partial charge in [-0.15, -0.1) is 0 Å². The summed E-state index contributed by atoms with van der Waals surface area (Å²) in [5, 5.41) is 2.28. The lowest BCUT2D eigenvalue weighted by Crippen LogP contribution is -2.49. The third-order valence-corrected chi connectivity index (χ3v) is 0.906. The first-order valence-electron chi connectivity index (χ1n) is 2.90. The Morgan fingerprint density at radius 3 is 2.50 bits per heavy atom. The van der Waals surface area contributed by atoms with E-state index in [0.717, 1.165) is 0 Å². The standard InChI is InChI=1S/C6H11N2O2/c1-6(2,7)5(10)8-3-4-9/h3,7H2,1-2H3,(H,8,10). The fraction of sp³-hybridized carbons (Fsp3) is 0.667.